The predicted molar refractivity (Wildman–Crippen MR) is 105 cm³/mol. The van der Waals surface area contributed by atoms with Crippen molar-refractivity contribution in [3.05, 3.63) is 81.6 Å². The van der Waals surface area contributed by atoms with Gasteiger partial charge < -0.3 is 5.32 Å². The molecule has 1 aliphatic rings. The van der Waals surface area contributed by atoms with Gasteiger partial charge in [0, 0.05) is 30.4 Å². The maximum Gasteiger partial charge on any atom is 0.228 e. The van der Waals surface area contributed by atoms with Crippen LogP contribution in [0.3, 0.4) is 0 Å². The van der Waals surface area contributed by atoms with Crippen LogP contribution in [0.2, 0.25) is 0 Å². The Morgan fingerprint density at radius 3 is 2.93 bits per heavy atom. The van der Waals surface area contributed by atoms with Gasteiger partial charge in [-0.25, -0.2) is 9.37 Å². The smallest absolute Gasteiger partial charge is 0.228 e. The van der Waals surface area contributed by atoms with Crippen molar-refractivity contribution in [2.24, 2.45) is 0 Å². The van der Waals surface area contributed by atoms with Gasteiger partial charge in [-0.1, -0.05) is 24.3 Å². The molecule has 0 radical (unpaired) electrons. The number of nitrogens with one attached hydrogen (secondary N) is 1. The monoisotopic (exact) mass is 381 g/mol. The number of aromatic nitrogens is 1. The molecule has 3 aromatic rings. The molecule has 0 bridgehead atoms. The Balaban J connectivity index is 1.42. The van der Waals surface area contributed by atoms with E-state index in [4.69, 9.17) is 0 Å². The molecule has 4 rings (SSSR count). The van der Waals surface area contributed by atoms with Gasteiger partial charge in [0.15, 0.2) is 0 Å². The second-order valence-electron chi connectivity index (χ2n) is 6.69. The third-order valence-corrected chi connectivity index (χ3v) is 5.50. The molecule has 2 aromatic carbocycles. The van der Waals surface area contributed by atoms with Gasteiger partial charge in [-0.15, -0.1) is 11.3 Å². The lowest BCUT2D eigenvalue weighted by atomic mass is 9.99. The van der Waals surface area contributed by atoms with Gasteiger partial charge in [-0.2, -0.15) is 0 Å². The summed E-state index contributed by atoms with van der Waals surface area (Å²) in [4.78, 5) is 19.0. The fraction of sp³-hybridized carbons (Fsp3) is 0.238. The molecule has 6 heteroatoms. The van der Waals surface area contributed by atoms with Crippen LogP contribution in [0.4, 0.5) is 10.1 Å². The van der Waals surface area contributed by atoms with E-state index >= 15 is 0 Å². The number of halogens is 1. The second-order valence-corrected chi connectivity index (χ2v) is 7.67. The van der Waals surface area contributed by atoms with Crippen LogP contribution in [-0.2, 0) is 30.7 Å². The number of carbonyl (C=O) groups excluding carboxylic acids is 1. The minimum Gasteiger partial charge on any atom is -0.326 e. The zero-order valence-electron chi connectivity index (χ0n) is 14.8. The van der Waals surface area contributed by atoms with E-state index in [-0.39, 0.29) is 18.1 Å². The summed E-state index contributed by atoms with van der Waals surface area (Å²) in [7, 11) is 0. The van der Waals surface area contributed by atoms with Crippen molar-refractivity contribution in [2.45, 2.75) is 25.9 Å². The van der Waals surface area contributed by atoms with Gasteiger partial charge in [0.25, 0.3) is 0 Å². The van der Waals surface area contributed by atoms with Crippen molar-refractivity contribution in [3.63, 3.8) is 0 Å². The lowest BCUT2D eigenvalue weighted by Gasteiger charge is -2.28. The van der Waals surface area contributed by atoms with Crippen LogP contribution < -0.4 is 5.32 Å². The topological polar surface area (TPSA) is 45.2 Å². The Hall–Kier alpha value is -2.57. The van der Waals surface area contributed by atoms with E-state index in [1.165, 1.54) is 17.2 Å². The van der Waals surface area contributed by atoms with E-state index in [0.717, 1.165) is 36.8 Å². The van der Waals surface area contributed by atoms with Gasteiger partial charge in [-0.3, -0.25) is 9.69 Å². The average Bonchev–Trinajstić information content (AvgIpc) is 3.16. The highest BCUT2D eigenvalue weighted by Gasteiger charge is 2.18. The summed E-state index contributed by atoms with van der Waals surface area (Å²) in [5, 5.41) is 6.01. The molecule has 1 amide bonds. The molecule has 1 aliphatic heterocycles. The Kier molecular flexibility index (Phi) is 5.27. The molecule has 1 N–H and O–H groups in total. The first-order chi connectivity index (χ1) is 13.2. The van der Waals surface area contributed by atoms with Crippen molar-refractivity contribution >= 4 is 22.9 Å². The van der Waals surface area contributed by atoms with Crippen molar-refractivity contribution in [1.29, 1.82) is 0 Å². The molecule has 0 aliphatic carbocycles. The van der Waals surface area contributed by atoms with Crippen LogP contribution in [-0.4, -0.2) is 22.3 Å². The lowest BCUT2D eigenvalue weighted by molar-refractivity contribution is -0.115. The van der Waals surface area contributed by atoms with Crippen molar-refractivity contribution < 1.29 is 9.18 Å². The summed E-state index contributed by atoms with van der Waals surface area (Å²) in [5.41, 5.74) is 3.70. The minimum atomic E-state index is -0.351. The number of hydrogen-bond acceptors (Lipinski definition) is 4. The fourth-order valence-electron chi connectivity index (χ4n) is 3.37. The van der Waals surface area contributed by atoms with Gasteiger partial charge in [0.1, 0.15) is 10.8 Å². The zero-order valence-corrected chi connectivity index (χ0v) is 15.6. The zero-order chi connectivity index (χ0) is 18.6. The molecule has 27 heavy (non-hydrogen) atoms. The molecule has 0 unspecified atom stereocenters. The number of rotatable bonds is 5. The third kappa shape index (κ3) is 4.40. The Bertz CT molecular complexity index is 942. The molecular weight excluding hydrogens is 361 g/mol. The van der Waals surface area contributed by atoms with Gasteiger partial charge in [-0.05, 0) is 41.3 Å². The number of benzene rings is 2. The van der Waals surface area contributed by atoms with Crippen molar-refractivity contribution in [2.75, 3.05) is 11.9 Å². The highest BCUT2D eigenvalue weighted by molar-refractivity contribution is 7.09. The maximum absolute atomic E-state index is 13.7. The third-order valence-electron chi connectivity index (χ3n) is 4.73. The Morgan fingerprint density at radius 2 is 2.11 bits per heavy atom. The summed E-state index contributed by atoms with van der Waals surface area (Å²) in [6, 6.07) is 12.4. The minimum absolute atomic E-state index is 0.0277. The van der Waals surface area contributed by atoms with E-state index in [9.17, 15) is 9.18 Å². The van der Waals surface area contributed by atoms with Crippen LogP contribution in [0, 0.1) is 5.82 Å². The lowest BCUT2D eigenvalue weighted by Crippen LogP contribution is -2.30. The molecular formula is C21H20FN3OS. The predicted octanol–water partition coefficient (Wildman–Crippen LogP) is 4.02. The maximum atomic E-state index is 13.7. The summed E-state index contributed by atoms with van der Waals surface area (Å²) in [6.45, 7) is 2.69. The Labute approximate surface area is 161 Å². The first-order valence-electron chi connectivity index (χ1n) is 8.93. The number of carbonyl (C=O) groups is 1. The van der Waals surface area contributed by atoms with Crippen molar-refractivity contribution in [3.8, 4) is 0 Å². The highest BCUT2D eigenvalue weighted by Crippen LogP contribution is 2.24. The molecule has 0 fully saturated rings. The van der Waals surface area contributed by atoms with E-state index in [0.29, 0.717) is 5.56 Å². The van der Waals surface area contributed by atoms with Crippen LogP contribution in [0.1, 0.15) is 21.7 Å². The number of hydrogen-bond donors (Lipinski definition) is 1. The molecule has 138 valence electrons. The molecule has 2 heterocycles. The summed E-state index contributed by atoms with van der Waals surface area (Å²) >= 11 is 1.67. The number of thiazole rings is 1. The summed E-state index contributed by atoms with van der Waals surface area (Å²) in [5.74, 6) is -0.563. The largest absolute Gasteiger partial charge is 0.326 e. The quantitative estimate of drug-likeness (QED) is 0.726. The standard InChI is InChI=1S/C21H20FN3OS/c22-19-4-2-1-3-16(19)12-20(26)24-18-6-5-15-7-9-25(13-17(15)11-18)14-21-23-8-10-27-21/h1-6,8,10-11H,7,9,12-14H2,(H,24,26). The van der Waals surface area contributed by atoms with Crippen molar-refractivity contribution in [1.82, 2.24) is 9.88 Å². The fourth-order valence-corrected chi connectivity index (χ4v) is 4.03. The Morgan fingerprint density at radius 1 is 1.22 bits per heavy atom. The number of anilines is 1. The van der Waals surface area contributed by atoms with Crippen LogP contribution in [0.5, 0.6) is 0 Å². The van der Waals surface area contributed by atoms with Gasteiger partial charge in [0.2, 0.25) is 5.91 Å². The molecule has 0 saturated heterocycles. The first kappa shape index (κ1) is 17.8. The summed E-state index contributed by atoms with van der Waals surface area (Å²) < 4.78 is 13.7. The molecule has 1 aromatic heterocycles. The van der Waals surface area contributed by atoms with E-state index in [1.807, 2.05) is 23.7 Å². The molecule has 0 saturated carbocycles. The van der Waals surface area contributed by atoms with Gasteiger partial charge >= 0.3 is 0 Å². The van der Waals surface area contributed by atoms with Crippen LogP contribution >= 0.6 is 11.3 Å². The van der Waals surface area contributed by atoms with Gasteiger partial charge in [0.05, 0.1) is 13.0 Å². The highest BCUT2D eigenvalue weighted by atomic mass is 32.1. The number of nitrogens with zero attached hydrogens (tertiary/aromatic N) is 2. The van der Waals surface area contributed by atoms with E-state index in [1.54, 1.807) is 29.5 Å². The average molecular weight is 381 g/mol. The van der Waals surface area contributed by atoms with E-state index in [2.05, 4.69) is 21.3 Å². The molecule has 4 nitrogen and oxygen atoms in total. The first-order valence-corrected chi connectivity index (χ1v) is 9.81. The van der Waals surface area contributed by atoms with E-state index < -0.39 is 0 Å². The van der Waals surface area contributed by atoms with Crippen LogP contribution in [0.25, 0.3) is 0 Å². The molecule has 0 spiro atoms. The summed E-state index contributed by atoms with van der Waals surface area (Å²) in [6.07, 6.45) is 2.85. The van der Waals surface area contributed by atoms with Crippen LogP contribution in [0.15, 0.2) is 54.0 Å². The number of fused-ring (bicyclic) bond motifs is 1. The number of amides is 1. The SMILES string of the molecule is O=C(Cc1ccccc1F)Nc1ccc2c(c1)CN(Cc1nccs1)CC2. The normalized spacial score (nSPS) is 14.0. The second kappa shape index (κ2) is 7.98. The molecule has 0 atom stereocenters.